The predicted molar refractivity (Wildman–Crippen MR) is 120 cm³/mol. The molecule has 0 spiro atoms. The minimum absolute atomic E-state index is 0.0764. The average molecular weight is 411 g/mol. The number of carbonyl (C=O) groups excluding carboxylic acids is 2. The van der Waals surface area contributed by atoms with Gasteiger partial charge in [-0.1, -0.05) is 46.2 Å². The van der Waals surface area contributed by atoms with E-state index in [2.05, 4.69) is 26.1 Å². The van der Waals surface area contributed by atoms with Gasteiger partial charge in [0.1, 0.15) is 5.82 Å². The van der Waals surface area contributed by atoms with E-state index in [9.17, 15) is 9.59 Å². The van der Waals surface area contributed by atoms with Crippen molar-refractivity contribution in [1.82, 2.24) is 14.7 Å². The number of rotatable bonds is 7. The molecule has 1 aromatic carbocycles. The maximum atomic E-state index is 12.9. The number of carbonyl (C=O) groups is 2. The van der Waals surface area contributed by atoms with Crippen molar-refractivity contribution >= 4 is 17.6 Å². The van der Waals surface area contributed by atoms with E-state index in [1.165, 1.54) is 0 Å². The molecule has 0 radical (unpaired) electrons. The van der Waals surface area contributed by atoms with Crippen molar-refractivity contribution in [2.45, 2.75) is 65.7 Å². The van der Waals surface area contributed by atoms with Gasteiger partial charge in [-0.2, -0.15) is 5.10 Å². The second-order valence-electron chi connectivity index (χ2n) is 9.35. The third-order valence-corrected chi connectivity index (χ3v) is 5.59. The molecule has 1 aromatic heterocycles. The molecule has 2 aromatic rings. The van der Waals surface area contributed by atoms with Crippen molar-refractivity contribution in [3.05, 3.63) is 41.6 Å². The molecule has 0 atom stereocenters. The number of hydrogen-bond donors (Lipinski definition) is 1. The van der Waals surface area contributed by atoms with Crippen molar-refractivity contribution in [2.75, 3.05) is 18.4 Å². The summed E-state index contributed by atoms with van der Waals surface area (Å²) in [4.78, 5) is 27.3. The first kappa shape index (κ1) is 22.1. The second-order valence-corrected chi connectivity index (χ2v) is 9.35. The maximum absolute atomic E-state index is 12.9. The fourth-order valence-electron chi connectivity index (χ4n) is 3.60. The molecule has 0 saturated heterocycles. The van der Waals surface area contributed by atoms with E-state index in [4.69, 9.17) is 5.10 Å². The highest BCUT2D eigenvalue weighted by Crippen LogP contribution is 2.29. The molecule has 1 fully saturated rings. The lowest BCUT2D eigenvalue weighted by Gasteiger charge is -2.31. The summed E-state index contributed by atoms with van der Waals surface area (Å²) in [5.74, 6) is 0.643. The van der Waals surface area contributed by atoms with Gasteiger partial charge in [0.2, 0.25) is 11.8 Å². The molecule has 1 aliphatic carbocycles. The monoisotopic (exact) mass is 410 g/mol. The van der Waals surface area contributed by atoms with Crippen LogP contribution in [0.2, 0.25) is 0 Å². The Morgan fingerprint density at radius 3 is 2.53 bits per heavy atom. The Hall–Kier alpha value is -2.63. The van der Waals surface area contributed by atoms with Crippen LogP contribution in [0.1, 0.15) is 64.6 Å². The van der Waals surface area contributed by atoms with Crippen LogP contribution in [0, 0.1) is 12.8 Å². The summed E-state index contributed by atoms with van der Waals surface area (Å²) in [5, 5.41) is 7.78. The molecule has 0 aliphatic heterocycles. The Morgan fingerprint density at radius 1 is 1.23 bits per heavy atom. The van der Waals surface area contributed by atoms with Crippen LogP contribution in [0.3, 0.4) is 0 Å². The number of nitrogens with zero attached hydrogens (tertiary/aromatic N) is 3. The molecule has 0 unspecified atom stereocenters. The molecule has 0 bridgehead atoms. The number of anilines is 1. The van der Waals surface area contributed by atoms with Gasteiger partial charge in [-0.05, 0) is 43.9 Å². The summed E-state index contributed by atoms with van der Waals surface area (Å²) in [6, 6.07) is 9.96. The molecule has 1 saturated carbocycles. The summed E-state index contributed by atoms with van der Waals surface area (Å²) >= 11 is 0. The van der Waals surface area contributed by atoms with Crippen molar-refractivity contribution < 1.29 is 9.59 Å². The molecular weight excluding hydrogens is 376 g/mol. The third kappa shape index (κ3) is 5.10. The van der Waals surface area contributed by atoms with Gasteiger partial charge in [0.05, 0.1) is 17.9 Å². The van der Waals surface area contributed by atoms with E-state index in [1.54, 1.807) is 9.58 Å². The molecule has 1 N–H and O–H groups in total. The number of benzene rings is 1. The van der Waals surface area contributed by atoms with E-state index < -0.39 is 0 Å². The summed E-state index contributed by atoms with van der Waals surface area (Å²) in [7, 11) is 0. The summed E-state index contributed by atoms with van der Waals surface area (Å²) in [5.41, 5.74) is 2.77. The van der Waals surface area contributed by atoms with Crippen LogP contribution in [-0.4, -0.2) is 39.6 Å². The maximum Gasteiger partial charge on any atom is 0.245 e. The van der Waals surface area contributed by atoms with Gasteiger partial charge < -0.3 is 10.2 Å². The molecule has 6 heteroatoms. The Morgan fingerprint density at radius 2 is 1.97 bits per heavy atom. The number of nitrogens with one attached hydrogen (secondary N) is 1. The fourth-order valence-corrected chi connectivity index (χ4v) is 3.60. The van der Waals surface area contributed by atoms with Gasteiger partial charge in [0.15, 0.2) is 0 Å². The number of aryl methyl sites for hydroxylation is 1. The summed E-state index contributed by atoms with van der Waals surface area (Å²) in [6.07, 6.45) is 3.82. The molecule has 6 nitrogen and oxygen atoms in total. The summed E-state index contributed by atoms with van der Waals surface area (Å²) in [6.45, 7) is 11.0. The van der Waals surface area contributed by atoms with E-state index in [-0.39, 0.29) is 29.7 Å². The second kappa shape index (κ2) is 9.02. The molecule has 1 heterocycles. The van der Waals surface area contributed by atoms with Crippen LogP contribution in [0.5, 0.6) is 0 Å². The van der Waals surface area contributed by atoms with E-state index >= 15 is 0 Å². The molecule has 162 valence electrons. The third-order valence-electron chi connectivity index (χ3n) is 5.59. The number of aromatic nitrogens is 2. The zero-order valence-electron chi connectivity index (χ0n) is 18.9. The molecule has 3 rings (SSSR count). The first-order valence-electron chi connectivity index (χ1n) is 10.9. The van der Waals surface area contributed by atoms with Crippen molar-refractivity contribution in [3.63, 3.8) is 0 Å². The smallest absolute Gasteiger partial charge is 0.245 e. The van der Waals surface area contributed by atoms with Gasteiger partial charge in [0.25, 0.3) is 0 Å². The normalized spacial score (nSPS) is 14.3. The van der Waals surface area contributed by atoms with Gasteiger partial charge in [-0.25, -0.2) is 4.68 Å². The highest BCUT2D eigenvalue weighted by Gasteiger charge is 2.30. The average Bonchev–Trinajstić information content (AvgIpc) is 3.04. The van der Waals surface area contributed by atoms with Crippen LogP contribution in [0.4, 0.5) is 5.82 Å². The number of amides is 2. The van der Waals surface area contributed by atoms with Crippen LogP contribution < -0.4 is 5.32 Å². The standard InChI is InChI=1S/C24H34N4O2/c1-6-13-27(23(30)18-10-8-11-18)16-22(29)25-21-15-20(24(3,4)5)26-28(21)19-12-7-9-17(2)14-19/h7,9,12,14-15,18H,6,8,10-11,13,16H2,1-5H3,(H,25,29). The largest absolute Gasteiger partial charge is 0.333 e. The van der Waals surface area contributed by atoms with Crippen LogP contribution in [0.25, 0.3) is 5.69 Å². The van der Waals surface area contributed by atoms with E-state index in [0.717, 1.165) is 42.6 Å². The SMILES string of the molecule is CCCN(CC(=O)Nc1cc(C(C)(C)C)nn1-c1cccc(C)c1)C(=O)C1CCC1. The van der Waals surface area contributed by atoms with Crippen molar-refractivity contribution in [3.8, 4) is 5.69 Å². The van der Waals surface area contributed by atoms with Gasteiger partial charge >= 0.3 is 0 Å². The van der Waals surface area contributed by atoms with Gasteiger partial charge in [0, 0.05) is 23.9 Å². The Kier molecular flexibility index (Phi) is 6.64. The van der Waals surface area contributed by atoms with Crippen molar-refractivity contribution in [1.29, 1.82) is 0 Å². The lowest BCUT2D eigenvalue weighted by molar-refractivity contribution is -0.140. The van der Waals surface area contributed by atoms with E-state index in [1.807, 2.05) is 44.2 Å². The fraction of sp³-hybridized carbons (Fsp3) is 0.542. The first-order chi connectivity index (χ1) is 14.2. The van der Waals surface area contributed by atoms with E-state index in [0.29, 0.717) is 12.4 Å². The summed E-state index contributed by atoms with van der Waals surface area (Å²) < 4.78 is 1.78. The van der Waals surface area contributed by atoms with Crippen LogP contribution in [0.15, 0.2) is 30.3 Å². The van der Waals surface area contributed by atoms with Gasteiger partial charge in [-0.3, -0.25) is 9.59 Å². The molecule has 1 aliphatic rings. The topological polar surface area (TPSA) is 67.2 Å². The minimum Gasteiger partial charge on any atom is -0.333 e. The zero-order valence-corrected chi connectivity index (χ0v) is 18.9. The quantitative estimate of drug-likeness (QED) is 0.733. The van der Waals surface area contributed by atoms with Gasteiger partial charge in [-0.15, -0.1) is 0 Å². The lowest BCUT2D eigenvalue weighted by Crippen LogP contribution is -2.43. The minimum atomic E-state index is -0.189. The Balaban J connectivity index is 1.82. The highest BCUT2D eigenvalue weighted by atomic mass is 16.2. The number of hydrogen-bond acceptors (Lipinski definition) is 3. The Bertz CT molecular complexity index is 906. The molecular formula is C24H34N4O2. The van der Waals surface area contributed by atoms with Crippen LogP contribution >= 0.6 is 0 Å². The van der Waals surface area contributed by atoms with Crippen LogP contribution in [-0.2, 0) is 15.0 Å². The Labute approximate surface area is 179 Å². The zero-order chi connectivity index (χ0) is 21.9. The predicted octanol–water partition coefficient (Wildman–Crippen LogP) is 4.46. The molecule has 2 amide bonds. The first-order valence-corrected chi connectivity index (χ1v) is 10.9. The lowest BCUT2D eigenvalue weighted by atomic mass is 9.84. The molecule has 30 heavy (non-hydrogen) atoms. The highest BCUT2D eigenvalue weighted by molar-refractivity contribution is 5.94. The van der Waals surface area contributed by atoms with Crippen molar-refractivity contribution in [2.24, 2.45) is 5.92 Å².